The van der Waals surface area contributed by atoms with E-state index < -0.39 is 35.9 Å². The normalized spacial score (nSPS) is 22.4. The number of rotatable bonds is 3. The second kappa shape index (κ2) is 6.39. The Balaban J connectivity index is 1.62. The smallest absolute Gasteiger partial charge is 0.395 e. The van der Waals surface area contributed by atoms with Crippen LogP contribution in [0.5, 0.6) is 11.5 Å². The van der Waals surface area contributed by atoms with Gasteiger partial charge in [0.15, 0.2) is 11.5 Å². The third-order valence-electron chi connectivity index (χ3n) is 4.67. The Labute approximate surface area is 157 Å². The van der Waals surface area contributed by atoms with Crippen LogP contribution in [-0.4, -0.2) is 41.6 Å². The summed E-state index contributed by atoms with van der Waals surface area (Å²) < 4.78 is 49.0. The second-order valence-electron chi connectivity index (χ2n) is 6.51. The molecular formula is C18H14F3N3O4. The largest absolute Gasteiger partial charge is 0.586 e. The number of carbonyl (C=O) groups excluding carboxylic acids is 2. The van der Waals surface area contributed by atoms with Crippen molar-refractivity contribution in [3.8, 4) is 11.5 Å². The summed E-state index contributed by atoms with van der Waals surface area (Å²) in [5, 5.41) is 2.37. The molecule has 0 radical (unpaired) electrons. The summed E-state index contributed by atoms with van der Waals surface area (Å²) in [6.07, 6.45) is -2.54. The molecule has 0 aliphatic carbocycles. The number of nitrogens with one attached hydrogen (secondary N) is 1. The molecule has 1 N–H and O–H groups in total. The summed E-state index contributed by atoms with van der Waals surface area (Å²) >= 11 is 0. The highest BCUT2D eigenvalue weighted by Crippen LogP contribution is 2.44. The number of likely N-dealkylation sites (N-methyl/N-ethyl adjacent to an activating group) is 1. The molecule has 1 aromatic carbocycles. The summed E-state index contributed by atoms with van der Waals surface area (Å²) in [7, 11) is 1.52. The molecule has 2 aromatic rings. The van der Waals surface area contributed by atoms with E-state index in [0.29, 0.717) is 5.56 Å². The van der Waals surface area contributed by atoms with Crippen LogP contribution in [0.4, 0.5) is 18.9 Å². The van der Waals surface area contributed by atoms with Crippen molar-refractivity contribution >= 4 is 17.5 Å². The molecule has 0 saturated carbocycles. The van der Waals surface area contributed by atoms with Gasteiger partial charge >= 0.3 is 6.29 Å². The van der Waals surface area contributed by atoms with Crippen molar-refractivity contribution in [2.45, 2.75) is 12.2 Å². The van der Waals surface area contributed by atoms with E-state index in [1.54, 1.807) is 0 Å². The maximum Gasteiger partial charge on any atom is 0.586 e. The van der Waals surface area contributed by atoms with Crippen molar-refractivity contribution in [3.05, 3.63) is 48.0 Å². The van der Waals surface area contributed by atoms with E-state index in [2.05, 4.69) is 19.8 Å². The number of ether oxygens (including phenoxy) is 2. The van der Waals surface area contributed by atoms with Crippen molar-refractivity contribution in [2.75, 3.05) is 18.9 Å². The third-order valence-corrected chi connectivity index (χ3v) is 4.67. The highest BCUT2D eigenvalue weighted by molar-refractivity contribution is 6.08. The van der Waals surface area contributed by atoms with Gasteiger partial charge in [-0.05, 0) is 29.8 Å². The lowest BCUT2D eigenvalue weighted by molar-refractivity contribution is -0.286. The molecule has 2 atom stereocenters. The van der Waals surface area contributed by atoms with Gasteiger partial charge in [-0.25, -0.2) is 4.98 Å². The number of pyridine rings is 1. The van der Waals surface area contributed by atoms with E-state index >= 15 is 0 Å². The fourth-order valence-corrected chi connectivity index (χ4v) is 3.38. The quantitative estimate of drug-likeness (QED) is 0.640. The number of likely N-dealkylation sites (tertiary alicyclic amines) is 1. The molecule has 1 saturated heterocycles. The molecular weight excluding hydrogens is 379 g/mol. The standard InChI is InChI=1S/C18H14F3N3O4/c1-24-8-10(9-4-5-12-13(7-9)28-18(20,21)27-12)14(17(24)26)16(25)23-11-3-2-6-22-15(11)19/h2-7,10,14H,8H2,1H3,(H,23,25)/t10-,14+/m1/s1. The monoisotopic (exact) mass is 393 g/mol. The number of benzene rings is 1. The first-order chi connectivity index (χ1) is 13.2. The molecule has 2 aliphatic rings. The van der Waals surface area contributed by atoms with E-state index in [0.717, 1.165) is 0 Å². The topological polar surface area (TPSA) is 80.8 Å². The van der Waals surface area contributed by atoms with Gasteiger partial charge in [0.05, 0.1) is 5.69 Å². The molecule has 3 heterocycles. The van der Waals surface area contributed by atoms with Crippen LogP contribution < -0.4 is 14.8 Å². The Hall–Kier alpha value is -3.30. The van der Waals surface area contributed by atoms with E-state index in [-0.39, 0.29) is 23.7 Å². The molecule has 0 unspecified atom stereocenters. The molecule has 2 aliphatic heterocycles. The van der Waals surface area contributed by atoms with Crippen LogP contribution in [-0.2, 0) is 9.59 Å². The Morgan fingerprint density at radius 2 is 2.04 bits per heavy atom. The molecule has 4 rings (SSSR count). The average Bonchev–Trinajstić information content (AvgIpc) is 3.10. The predicted octanol–water partition coefficient (Wildman–Crippen LogP) is 2.35. The summed E-state index contributed by atoms with van der Waals surface area (Å²) in [5.41, 5.74) is 0.295. The predicted molar refractivity (Wildman–Crippen MR) is 89.3 cm³/mol. The lowest BCUT2D eigenvalue weighted by atomic mass is 9.87. The fraction of sp³-hybridized carbons (Fsp3) is 0.278. The van der Waals surface area contributed by atoms with Gasteiger partial charge in [-0.3, -0.25) is 9.59 Å². The Bertz CT molecular complexity index is 969. The minimum Gasteiger partial charge on any atom is -0.395 e. The molecule has 7 nitrogen and oxygen atoms in total. The van der Waals surface area contributed by atoms with Crippen molar-refractivity contribution in [1.82, 2.24) is 9.88 Å². The number of aromatic nitrogens is 1. The maximum atomic E-state index is 13.7. The number of anilines is 1. The van der Waals surface area contributed by atoms with Crippen LogP contribution in [0.25, 0.3) is 0 Å². The van der Waals surface area contributed by atoms with Crippen LogP contribution in [0.1, 0.15) is 11.5 Å². The highest BCUT2D eigenvalue weighted by Gasteiger charge is 2.47. The van der Waals surface area contributed by atoms with Crippen LogP contribution in [0.15, 0.2) is 36.5 Å². The molecule has 1 fully saturated rings. The van der Waals surface area contributed by atoms with Crippen molar-refractivity contribution in [3.63, 3.8) is 0 Å². The van der Waals surface area contributed by atoms with E-state index in [4.69, 9.17) is 0 Å². The third kappa shape index (κ3) is 3.10. The zero-order valence-corrected chi connectivity index (χ0v) is 14.5. The van der Waals surface area contributed by atoms with Gasteiger partial charge in [-0.15, -0.1) is 8.78 Å². The van der Waals surface area contributed by atoms with Crippen molar-refractivity contribution in [2.24, 2.45) is 5.92 Å². The average molecular weight is 393 g/mol. The minimum absolute atomic E-state index is 0.134. The van der Waals surface area contributed by atoms with E-state index in [9.17, 15) is 22.8 Å². The number of nitrogens with zero attached hydrogens (tertiary/aromatic N) is 2. The Morgan fingerprint density at radius 3 is 2.79 bits per heavy atom. The Morgan fingerprint density at radius 1 is 1.29 bits per heavy atom. The van der Waals surface area contributed by atoms with Gasteiger partial charge in [0, 0.05) is 25.7 Å². The van der Waals surface area contributed by atoms with Gasteiger partial charge in [0.1, 0.15) is 5.92 Å². The molecule has 146 valence electrons. The first-order valence-electron chi connectivity index (χ1n) is 8.31. The molecule has 10 heteroatoms. The van der Waals surface area contributed by atoms with E-state index in [1.807, 2.05) is 0 Å². The maximum absolute atomic E-state index is 13.7. The van der Waals surface area contributed by atoms with Crippen LogP contribution in [0.3, 0.4) is 0 Å². The summed E-state index contributed by atoms with van der Waals surface area (Å²) in [6, 6.07) is 6.87. The lowest BCUT2D eigenvalue weighted by Gasteiger charge is -2.17. The number of hydrogen-bond acceptors (Lipinski definition) is 5. The SMILES string of the molecule is CN1C[C@H](c2ccc3c(c2)OC(F)(F)O3)[C@@H](C(=O)Nc2cccnc2F)C1=O. The van der Waals surface area contributed by atoms with Crippen molar-refractivity contribution < 1.29 is 32.2 Å². The first kappa shape index (κ1) is 18.1. The molecule has 1 aromatic heterocycles. The van der Waals surface area contributed by atoms with Crippen LogP contribution in [0.2, 0.25) is 0 Å². The Kier molecular flexibility index (Phi) is 4.13. The molecule has 0 spiro atoms. The minimum atomic E-state index is -3.77. The fourth-order valence-electron chi connectivity index (χ4n) is 3.38. The van der Waals surface area contributed by atoms with Gasteiger partial charge < -0.3 is 19.7 Å². The number of alkyl halides is 2. The summed E-state index contributed by atoms with van der Waals surface area (Å²) in [4.78, 5) is 30.0. The summed E-state index contributed by atoms with van der Waals surface area (Å²) in [5.74, 6) is -4.17. The molecule has 28 heavy (non-hydrogen) atoms. The molecule has 0 bridgehead atoms. The number of carbonyl (C=O) groups is 2. The first-order valence-corrected chi connectivity index (χ1v) is 8.31. The molecule has 2 amide bonds. The van der Waals surface area contributed by atoms with E-state index in [1.165, 1.54) is 48.5 Å². The number of fused-ring (bicyclic) bond motifs is 1. The number of hydrogen-bond donors (Lipinski definition) is 1. The summed E-state index contributed by atoms with van der Waals surface area (Å²) in [6.45, 7) is 0.183. The zero-order chi connectivity index (χ0) is 20.1. The van der Waals surface area contributed by atoms with Gasteiger partial charge in [-0.2, -0.15) is 4.39 Å². The van der Waals surface area contributed by atoms with Gasteiger partial charge in [0.25, 0.3) is 0 Å². The zero-order valence-electron chi connectivity index (χ0n) is 14.5. The lowest BCUT2D eigenvalue weighted by Crippen LogP contribution is -2.33. The van der Waals surface area contributed by atoms with Gasteiger partial charge in [0.2, 0.25) is 17.8 Å². The number of amides is 2. The van der Waals surface area contributed by atoms with Crippen LogP contribution >= 0.6 is 0 Å². The van der Waals surface area contributed by atoms with Crippen LogP contribution in [0, 0.1) is 11.9 Å². The van der Waals surface area contributed by atoms with Crippen molar-refractivity contribution in [1.29, 1.82) is 0 Å². The van der Waals surface area contributed by atoms with Gasteiger partial charge in [-0.1, -0.05) is 6.07 Å². The highest BCUT2D eigenvalue weighted by atomic mass is 19.3. The number of halogens is 3. The second-order valence-corrected chi connectivity index (χ2v) is 6.51.